The standard InChI is InChI=1S/C23H28BN7O2/c1-15(32)26-10-11-27-21-19(24)14-28-23(31-21)30-18-9-5-8-17(13-18)29-22(33)20(25)12-16-6-3-2-4-7-16/h2-9,13-14,20H,10-12,24-25H2,1H3,(H,26,32)(H,29,33)(H2,27,28,30,31). The summed E-state index contributed by atoms with van der Waals surface area (Å²) in [5, 5.41) is 11.9. The molecule has 0 aliphatic carbocycles. The second kappa shape index (κ2) is 11.6. The zero-order valence-corrected chi connectivity index (χ0v) is 18.8. The van der Waals surface area contributed by atoms with Crippen LogP contribution >= 0.6 is 0 Å². The Labute approximate surface area is 194 Å². The first-order chi connectivity index (χ1) is 15.9. The van der Waals surface area contributed by atoms with Gasteiger partial charge in [0, 0.05) is 37.6 Å². The number of hydrogen-bond acceptors (Lipinski definition) is 7. The highest BCUT2D eigenvalue weighted by Gasteiger charge is 2.14. The van der Waals surface area contributed by atoms with E-state index in [1.807, 2.05) is 50.3 Å². The number of carbonyl (C=O) groups excluding carboxylic acids is 2. The zero-order valence-electron chi connectivity index (χ0n) is 18.8. The van der Waals surface area contributed by atoms with Gasteiger partial charge in [-0.05, 0) is 35.6 Å². The van der Waals surface area contributed by atoms with Crippen molar-refractivity contribution in [1.82, 2.24) is 15.3 Å². The van der Waals surface area contributed by atoms with Crippen molar-refractivity contribution in [2.45, 2.75) is 19.4 Å². The van der Waals surface area contributed by atoms with Crippen molar-refractivity contribution in [1.29, 1.82) is 0 Å². The summed E-state index contributed by atoms with van der Waals surface area (Å²) in [6.45, 7) is 2.52. The van der Waals surface area contributed by atoms with Gasteiger partial charge in [0.2, 0.25) is 17.8 Å². The van der Waals surface area contributed by atoms with Crippen molar-refractivity contribution >= 4 is 48.3 Å². The lowest BCUT2D eigenvalue weighted by Gasteiger charge is -2.14. The van der Waals surface area contributed by atoms with Crippen LogP contribution in [0.1, 0.15) is 12.5 Å². The first-order valence-corrected chi connectivity index (χ1v) is 10.7. The Hall–Kier alpha value is -3.92. The lowest BCUT2D eigenvalue weighted by atomic mass is 9.99. The van der Waals surface area contributed by atoms with Gasteiger partial charge in [-0.2, -0.15) is 4.98 Å². The molecule has 1 aromatic heterocycles. The smallest absolute Gasteiger partial charge is 0.241 e. The molecule has 170 valence electrons. The van der Waals surface area contributed by atoms with Gasteiger partial charge >= 0.3 is 0 Å². The van der Waals surface area contributed by atoms with E-state index < -0.39 is 6.04 Å². The van der Waals surface area contributed by atoms with E-state index in [4.69, 9.17) is 5.73 Å². The minimum atomic E-state index is -0.657. The highest BCUT2D eigenvalue weighted by molar-refractivity contribution is 6.35. The summed E-state index contributed by atoms with van der Waals surface area (Å²) < 4.78 is 0. The van der Waals surface area contributed by atoms with Crippen LogP contribution in [0.3, 0.4) is 0 Å². The third kappa shape index (κ3) is 7.62. The van der Waals surface area contributed by atoms with Crippen molar-refractivity contribution in [2.24, 2.45) is 5.73 Å². The van der Waals surface area contributed by atoms with Crippen LogP contribution in [0, 0.1) is 0 Å². The summed E-state index contributed by atoms with van der Waals surface area (Å²) >= 11 is 0. The summed E-state index contributed by atoms with van der Waals surface area (Å²) in [5.74, 6) is 0.751. The van der Waals surface area contributed by atoms with Gasteiger partial charge < -0.3 is 27.0 Å². The van der Waals surface area contributed by atoms with E-state index in [2.05, 4.69) is 31.2 Å². The summed E-state index contributed by atoms with van der Waals surface area (Å²) in [5.41, 5.74) is 9.31. The summed E-state index contributed by atoms with van der Waals surface area (Å²) in [6, 6.07) is 16.3. The number of nitrogens with two attached hydrogens (primary N) is 1. The number of benzene rings is 2. The predicted octanol–water partition coefficient (Wildman–Crippen LogP) is 0.535. The lowest BCUT2D eigenvalue weighted by molar-refractivity contribution is -0.119. The Balaban J connectivity index is 1.59. The molecular formula is C23H28BN7O2. The SMILES string of the molecule is Bc1cnc(Nc2cccc(NC(=O)C(N)Cc3ccccc3)c2)nc1NCCNC(C)=O. The third-order valence-electron chi connectivity index (χ3n) is 4.78. The Morgan fingerprint density at radius 1 is 1.06 bits per heavy atom. The fraction of sp³-hybridized carbons (Fsp3) is 0.217. The van der Waals surface area contributed by atoms with E-state index in [-0.39, 0.29) is 11.8 Å². The van der Waals surface area contributed by atoms with Crippen molar-refractivity contribution in [2.75, 3.05) is 29.0 Å². The largest absolute Gasteiger partial charge is 0.369 e. The predicted molar refractivity (Wildman–Crippen MR) is 134 cm³/mol. The number of aromatic nitrogens is 2. The molecule has 0 spiro atoms. The molecule has 33 heavy (non-hydrogen) atoms. The van der Waals surface area contributed by atoms with Crippen LogP contribution in [-0.2, 0) is 16.0 Å². The van der Waals surface area contributed by atoms with Gasteiger partial charge in [-0.1, -0.05) is 36.4 Å². The van der Waals surface area contributed by atoms with E-state index in [0.29, 0.717) is 37.0 Å². The van der Waals surface area contributed by atoms with E-state index >= 15 is 0 Å². The maximum absolute atomic E-state index is 12.5. The molecule has 0 fully saturated rings. The maximum Gasteiger partial charge on any atom is 0.241 e. The monoisotopic (exact) mass is 445 g/mol. The third-order valence-corrected chi connectivity index (χ3v) is 4.78. The molecule has 2 amide bonds. The van der Waals surface area contributed by atoms with Crippen molar-refractivity contribution in [3.63, 3.8) is 0 Å². The Morgan fingerprint density at radius 2 is 1.82 bits per heavy atom. The van der Waals surface area contributed by atoms with Gasteiger partial charge in [0.05, 0.1) is 6.04 Å². The Bertz CT molecular complexity index is 1100. The second-order valence-electron chi connectivity index (χ2n) is 7.63. The van der Waals surface area contributed by atoms with Gasteiger partial charge in [0.15, 0.2) is 0 Å². The molecule has 0 aliphatic rings. The number of rotatable bonds is 10. The molecule has 0 bridgehead atoms. The molecule has 0 saturated carbocycles. The quantitative estimate of drug-likeness (QED) is 0.227. The highest BCUT2D eigenvalue weighted by Crippen LogP contribution is 2.19. The first-order valence-electron chi connectivity index (χ1n) is 10.7. The maximum atomic E-state index is 12.5. The van der Waals surface area contributed by atoms with Crippen LogP contribution < -0.4 is 32.5 Å². The average Bonchev–Trinajstić information content (AvgIpc) is 2.79. The summed E-state index contributed by atoms with van der Waals surface area (Å²) in [6.07, 6.45) is 2.17. The van der Waals surface area contributed by atoms with Gasteiger partial charge in [0.1, 0.15) is 13.7 Å². The lowest BCUT2D eigenvalue weighted by Crippen LogP contribution is -2.37. The Morgan fingerprint density at radius 3 is 2.58 bits per heavy atom. The zero-order chi connectivity index (χ0) is 23.6. The number of carbonyl (C=O) groups is 2. The van der Waals surface area contributed by atoms with Crippen molar-refractivity contribution in [3.05, 3.63) is 66.4 Å². The van der Waals surface area contributed by atoms with Gasteiger partial charge in [-0.3, -0.25) is 9.59 Å². The molecule has 6 N–H and O–H groups in total. The van der Waals surface area contributed by atoms with Crippen LogP contribution in [0.4, 0.5) is 23.1 Å². The molecule has 2 aromatic carbocycles. The average molecular weight is 445 g/mol. The fourth-order valence-corrected chi connectivity index (χ4v) is 3.10. The van der Waals surface area contributed by atoms with Crippen LogP contribution in [-0.4, -0.2) is 48.8 Å². The summed E-state index contributed by atoms with van der Waals surface area (Å²) in [7, 11) is 1.90. The highest BCUT2D eigenvalue weighted by atomic mass is 16.2. The molecule has 0 saturated heterocycles. The van der Waals surface area contributed by atoms with E-state index in [1.165, 1.54) is 6.92 Å². The van der Waals surface area contributed by atoms with Crippen LogP contribution in [0.25, 0.3) is 0 Å². The molecule has 0 radical (unpaired) electrons. The van der Waals surface area contributed by atoms with Crippen LogP contribution in [0.5, 0.6) is 0 Å². The van der Waals surface area contributed by atoms with Gasteiger partial charge in [0.25, 0.3) is 0 Å². The molecule has 1 unspecified atom stereocenters. The van der Waals surface area contributed by atoms with Crippen LogP contribution in [0.2, 0.25) is 0 Å². The van der Waals surface area contributed by atoms with Gasteiger partial charge in [-0.25, -0.2) is 4.98 Å². The molecule has 1 heterocycles. The van der Waals surface area contributed by atoms with Crippen molar-refractivity contribution < 1.29 is 9.59 Å². The minimum absolute atomic E-state index is 0.0773. The number of nitrogens with one attached hydrogen (secondary N) is 4. The molecule has 9 nitrogen and oxygen atoms in total. The number of hydrogen-bond donors (Lipinski definition) is 5. The molecule has 3 rings (SSSR count). The topological polar surface area (TPSA) is 134 Å². The molecule has 10 heteroatoms. The molecule has 0 aliphatic heterocycles. The fourth-order valence-electron chi connectivity index (χ4n) is 3.10. The van der Waals surface area contributed by atoms with Crippen LogP contribution in [0.15, 0.2) is 60.8 Å². The molecular weight excluding hydrogens is 417 g/mol. The number of anilines is 4. The van der Waals surface area contributed by atoms with E-state index in [1.54, 1.807) is 18.3 Å². The van der Waals surface area contributed by atoms with Gasteiger partial charge in [-0.15, -0.1) is 0 Å². The van der Waals surface area contributed by atoms with E-state index in [0.717, 1.165) is 16.7 Å². The summed E-state index contributed by atoms with van der Waals surface area (Å²) in [4.78, 5) is 32.3. The van der Waals surface area contributed by atoms with Crippen molar-refractivity contribution in [3.8, 4) is 0 Å². The normalized spacial score (nSPS) is 11.3. The Kier molecular flexibility index (Phi) is 8.37. The van der Waals surface area contributed by atoms with E-state index in [9.17, 15) is 9.59 Å². The number of amides is 2. The second-order valence-corrected chi connectivity index (χ2v) is 7.63. The first kappa shape index (κ1) is 23.7. The minimum Gasteiger partial charge on any atom is -0.369 e. The molecule has 1 atom stereocenters. The number of nitrogens with zero attached hydrogens (tertiary/aromatic N) is 2. The molecule has 3 aromatic rings.